The summed E-state index contributed by atoms with van der Waals surface area (Å²) in [4.78, 5) is 4.36. The van der Waals surface area contributed by atoms with Gasteiger partial charge in [0.2, 0.25) is 0 Å². The second-order valence-corrected chi connectivity index (χ2v) is 5.65. The number of piperidine rings is 1. The van der Waals surface area contributed by atoms with Crippen LogP contribution in [0.4, 0.5) is 0 Å². The number of hydrogen-bond donors (Lipinski definition) is 1. The molecule has 2 fully saturated rings. The van der Waals surface area contributed by atoms with Crippen molar-refractivity contribution in [3.63, 3.8) is 0 Å². The third kappa shape index (κ3) is 2.45. The molecule has 4 heteroatoms. The molecule has 3 unspecified atom stereocenters. The quantitative estimate of drug-likeness (QED) is 0.875. The van der Waals surface area contributed by atoms with Gasteiger partial charge in [-0.15, -0.1) is 0 Å². The van der Waals surface area contributed by atoms with Crippen molar-refractivity contribution in [2.24, 2.45) is 0 Å². The summed E-state index contributed by atoms with van der Waals surface area (Å²) in [6.45, 7) is 4.03. The van der Waals surface area contributed by atoms with Crippen molar-refractivity contribution in [3.05, 3.63) is 18.2 Å². The van der Waals surface area contributed by atoms with Gasteiger partial charge in [0.05, 0.1) is 24.7 Å². The Kier molecular flexibility index (Phi) is 3.66. The summed E-state index contributed by atoms with van der Waals surface area (Å²) < 4.78 is 7.94. The summed E-state index contributed by atoms with van der Waals surface area (Å²) in [7, 11) is 0. The molecule has 100 valence electrons. The van der Waals surface area contributed by atoms with Crippen LogP contribution < -0.4 is 5.32 Å². The molecule has 0 amide bonds. The van der Waals surface area contributed by atoms with Crippen molar-refractivity contribution >= 4 is 0 Å². The van der Waals surface area contributed by atoms with Crippen LogP contribution in [0.3, 0.4) is 0 Å². The largest absolute Gasteiger partial charge is 0.379 e. The molecule has 1 N–H and O–H groups in total. The van der Waals surface area contributed by atoms with Gasteiger partial charge in [-0.05, 0) is 39.0 Å². The second-order valence-electron chi connectivity index (χ2n) is 5.65. The molecule has 4 nitrogen and oxygen atoms in total. The van der Waals surface area contributed by atoms with Crippen LogP contribution in [0.25, 0.3) is 0 Å². The molecule has 0 aromatic carbocycles. The third-order valence-electron chi connectivity index (χ3n) is 4.20. The van der Waals surface area contributed by atoms with E-state index in [1.54, 1.807) is 0 Å². The van der Waals surface area contributed by atoms with Crippen molar-refractivity contribution < 1.29 is 4.74 Å². The zero-order valence-corrected chi connectivity index (χ0v) is 11.1. The number of ether oxygens (including phenoxy) is 1. The minimum Gasteiger partial charge on any atom is -0.379 e. The summed E-state index contributed by atoms with van der Waals surface area (Å²) in [6.07, 6.45) is 10.2. The van der Waals surface area contributed by atoms with Crippen LogP contribution in [0.2, 0.25) is 0 Å². The Morgan fingerprint density at radius 2 is 2.28 bits per heavy atom. The topological polar surface area (TPSA) is 39.1 Å². The molecule has 1 aromatic heterocycles. The lowest BCUT2D eigenvalue weighted by molar-refractivity contribution is 0.0574. The lowest BCUT2D eigenvalue weighted by atomic mass is 9.97. The fraction of sp³-hybridized carbons (Fsp3) is 0.786. The fourth-order valence-electron chi connectivity index (χ4n) is 3.20. The Balaban J connectivity index is 1.77. The van der Waals surface area contributed by atoms with E-state index in [0.29, 0.717) is 18.1 Å². The van der Waals surface area contributed by atoms with Crippen LogP contribution in [-0.4, -0.2) is 28.8 Å². The van der Waals surface area contributed by atoms with E-state index in [9.17, 15) is 0 Å². The van der Waals surface area contributed by atoms with E-state index in [1.807, 2.05) is 12.5 Å². The van der Waals surface area contributed by atoms with E-state index in [0.717, 1.165) is 19.6 Å². The molecule has 0 saturated carbocycles. The smallest absolute Gasteiger partial charge is 0.0952 e. The molecule has 2 aliphatic rings. The summed E-state index contributed by atoms with van der Waals surface area (Å²) >= 11 is 0. The maximum absolute atomic E-state index is 5.60. The van der Waals surface area contributed by atoms with Crippen molar-refractivity contribution in [3.8, 4) is 0 Å². The Morgan fingerprint density at radius 3 is 3.06 bits per heavy atom. The van der Waals surface area contributed by atoms with Gasteiger partial charge >= 0.3 is 0 Å². The van der Waals surface area contributed by atoms with Crippen molar-refractivity contribution in [2.75, 3.05) is 13.2 Å². The lowest BCUT2D eigenvalue weighted by Crippen LogP contribution is -2.36. The molecular formula is C14H23N3O. The van der Waals surface area contributed by atoms with Gasteiger partial charge in [0.15, 0.2) is 0 Å². The van der Waals surface area contributed by atoms with Gasteiger partial charge in [0, 0.05) is 24.9 Å². The highest BCUT2D eigenvalue weighted by atomic mass is 16.5. The molecule has 3 atom stereocenters. The highest BCUT2D eigenvalue weighted by molar-refractivity contribution is 5.08. The van der Waals surface area contributed by atoms with Crippen LogP contribution in [0, 0.1) is 0 Å². The summed E-state index contributed by atoms with van der Waals surface area (Å²) in [5.74, 6) is 0. The molecule has 2 aliphatic heterocycles. The molecule has 1 aromatic rings. The fourth-order valence-corrected chi connectivity index (χ4v) is 3.20. The maximum Gasteiger partial charge on any atom is 0.0952 e. The maximum atomic E-state index is 5.60. The van der Waals surface area contributed by atoms with Gasteiger partial charge in [0.1, 0.15) is 0 Å². The van der Waals surface area contributed by atoms with Gasteiger partial charge in [-0.25, -0.2) is 4.98 Å². The SMILES string of the molecule is CC1CCCC(c2cncn2C2CCCOC2)N1. The first-order valence-corrected chi connectivity index (χ1v) is 7.20. The normalized spacial score (nSPS) is 33.5. The van der Waals surface area contributed by atoms with E-state index in [2.05, 4.69) is 21.8 Å². The van der Waals surface area contributed by atoms with Crippen LogP contribution in [-0.2, 0) is 4.74 Å². The number of hydrogen-bond acceptors (Lipinski definition) is 3. The number of nitrogens with one attached hydrogen (secondary N) is 1. The monoisotopic (exact) mass is 249 g/mol. The lowest BCUT2D eigenvalue weighted by Gasteiger charge is -2.32. The molecule has 0 aliphatic carbocycles. The van der Waals surface area contributed by atoms with Crippen molar-refractivity contribution in [2.45, 2.75) is 57.2 Å². The van der Waals surface area contributed by atoms with E-state index in [4.69, 9.17) is 4.74 Å². The van der Waals surface area contributed by atoms with E-state index in [-0.39, 0.29) is 0 Å². The van der Waals surface area contributed by atoms with Gasteiger partial charge in [-0.1, -0.05) is 0 Å². The second kappa shape index (κ2) is 5.41. The number of imidazole rings is 1. The molecule has 3 rings (SSSR count). The number of aromatic nitrogens is 2. The minimum atomic E-state index is 0.471. The Bertz CT molecular complexity index is 384. The number of nitrogens with zero attached hydrogens (tertiary/aromatic N) is 2. The molecular weight excluding hydrogens is 226 g/mol. The van der Waals surface area contributed by atoms with Gasteiger partial charge in [-0.3, -0.25) is 0 Å². The minimum absolute atomic E-state index is 0.471. The van der Waals surface area contributed by atoms with Crippen LogP contribution in [0.5, 0.6) is 0 Å². The zero-order valence-electron chi connectivity index (χ0n) is 11.1. The average molecular weight is 249 g/mol. The molecule has 0 bridgehead atoms. The highest BCUT2D eigenvalue weighted by Gasteiger charge is 2.25. The standard InChI is InChI=1S/C14H23N3O/c1-11-4-2-6-13(16-11)14-8-15-10-17(14)12-5-3-7-18-9-12/h8,10-13,16H,2-7,9H2,1H3. The number of rotatable bonds is 2. The molecule has 3 heterocycles. The third-order valence-corrected chi connectivity index (χ3v) is 4.20. The van der Waals surface area contributed by atoms with E-state index >= 15 is 0 Å². The van der Waals surface area contributed by atoms with Gasteiger partial charge in [-0.2, -0.15) is 0 Å². The van der Waals surface area contributed by atoms with Crippen molar-refractivity contribution in [1.29, 1.82) is 0 Å². The predicted molar refractivity (Wildman–Crippen MR) is 70.5 cm³/mol. The average Bonchev–Trinajstić information content (AvgIpc) is 2.89. The Morgan fingerprint density at radius 1 is 1.33 bits per heavy atom. The van der Waals surface area contributed by atoms with Gasteiger partial charge in [0.25, 0.3) is 0 Å². The Labute approximate surface area is 109 Å². The van der Waals surface area contributed by atoms with Crippen LogP contribution in [0.1, 0.15) is 56.8 Å². The summed E-state index contributed by atoms with van der Waals surface area (Å²) in [5.41, 5.74) is 1.34. The zero-order chi connectivity index (χ0) is 12.4. The van der Waals surface area contributed by atoms with E-state index < -0.39 is 0 Å². The molecule has 0 radical (unpaired) electrons. The first kappa shape index (κ1) is 12.2. The molecule has 2 saturated heterocycles. The van der Waals surface area contributed by atoms with Gasteiger partial charge < -0.3 is 14.6 Å². The van der Waals surface area contributed by atoms with Crippen molar-refractivity contribution in [1.82, 2.24) is 14.9 Å². The highest BCUT2D eigenvalue weighted by Crippen LogP contribution is 2.29. The Hall–Kier alpha value is -0.870. The van der Waals surface area contributed by atoms with Crippen LogP contribution >= 0.6 is 0 Å². The predicted octanol–water partition coefficient (Wildman–Crippen LogP) is 2.44. The van der Waals surface area contributed by atoms with E-state index in [1.165, 1.54) is 31.4 Å². The molecule has 0 spiro atoms. The molecule has 18 heavy (non-hydrogen) atoms. The first-order valence-electron chi connectivity index (χ1n) is 7.20. The summed E-state index contributed by atoms with van der Waals surface area (Å²) in [5, 5.41) is 3.70. The van der Waals surface area contributed by atoms with Crippen LogP contribution in [0.15, 0.2) is 12.5 Å². The first-order chi connectivity index (χ1) is 8.84. The summed E-state index contributed by atoms with van der Waals surface area (Å²) in [6, 6.07) is 1.57.